The van der Waals surface area contributed by atoms with Gasteiger partial charge in [-0.25, -0.2) is 0 Å². The highest BCUT2D eigenvalue weighted by Gasteiger charge is 2.44. The second-order valence-electron chi connectivity index (χ2n) is 9.39. The van der Waals surface area contributed by atoms with Gasteiger partial charge >= 0.3 is 12.1 Å². The van der Waals surface area contributed by atoms with E-state index in [9.17, 15) is 22.8 Å². The van der Waals surface area contributed by atoms with Crippen molar-refractivity contribution in [3.05, 3.63) is 107 Å². The predicted molar refractivity (Wildman–Crippen MR) is 130 cm³/mol. The van der Waals surface area contributed by atoms with Gasteiger partial charge in [0.05, 0.1) is 6.04 Å². The summed E-state index contributed by atoms with van der Waals surface area (Å²) >= 11 is 0. The molecule has 1 saturated heterocycles. The third-order valence-corrected chi connectivity index (χ3v) is 7.09. The van der Waals surface area contributed by atoms with Crippen LogP contribution in [0.4, 0.5) is 13.2 Å². The SMILES string of the molecule is O=C(c1ccccc1)N1C[C@@H](N2Cc3ccc(-c4noc(C(F)(F)F)n4)cc3C2=O)[C@H](c2ccccc2)C1. The maximum absolute atomic E-state index is 13.6. The van der Waals surface area contributed by atoms with E-state index in [1.54, 1.807) is 34.1 Å². The third kappa shape index (κ3) is 4.21. The van der Waals surface area contributed by atoms with Crippen molar-refractivity contribution in [1.29, 1.82) is 0 Å². The average Bonchev–Trinajstić information content (AvgIpc) is 3.67. The fourth-order valence-corrected chi connectivity index (χ4v) is 5.25. The number of rotatable bonds is 4. The van der Waals surface area contributed by atoms with Gasteiger partial charge in [0.15, 0.2) is 0 Å². The minimum Gasteiger partial charge on any atom is -0.336 e. The lowest BCUT2D eigenvalue weighted by Crippen LogP contribution is -2.41. The van der Waals surface area contributed by atoms with Gasteiger partial charge in [-0.1, -0.05) is 65.8 Å². The Hall–Kier alpha value is -4.47. The molecule has 3 aromatic carbocycles. The van der Waals surface area contributed by atoms with Crippen molar-refractivity contribution in [2.45, 2.75) is 24.7 Å². The summed E-state index contributed by atoms with van der Waals surface area (Å²) in [4.78, 5) is 33.9. The van der Waals surface area contributed by atoms with Gasteiger partial charge in [0.2, 0.25) is 5.82 Å². The molecule has 4 aromatic rings. The summed E-state index contributed by atoms with van der Waals surface area (Å²) in [6.45, 7) is 1.15. The molecule has 1 aromatic heterocycles. The zero-order valence-electron chi connectivity index (χ0n) is 19.9. The van der Waals surface area contributed by atoms with Crippen molar-refractivity contribution in [3.63, 3.8) is 0 Å². The number of aromatic nitrogens is 2. The maximum Gasteiger partial charge on any atom is 0.471 e. The first-order valence-electron chi connectivity index (χ1n) is 12.0. The molecule has 1 fully saturated rings. The first-order chi connectivity index (χ1) is 18.3. The van der Waals surface area contributed by atoms with Crippen LogP contribution in [0.15, 0.2) is 83.4 Å². The molecule has 3 heterocycles. The van der Waals surface area contributed by atoms with E-state index in [4.69, 9.17) is 0 Å². The van der Waals surface area contributed by atoms with Gasteiger partial charge in [0.25, 0.3) is 11.8 Å². The summed E-state index contributed by atoms with van der Waals surface area (Å²) in [5.74, 6) is -2.14. The molecule has 7 nitrogen and oxygen atoms in total. The van der Waals surface area contributed by atoms with E-state index in [0.717, 1.165) is 11.1 Å². The molecule has 2 aliphatic heterocycles. The van der Waals surface area contributed by atoms with Crippen molar-refractivity contribution in [1.82, 2.24) is 19.9 Å². The Labute approximate surface area is 215 Å². The summed E-state index contributed by atoms with van der Waals surface area (Å²) in [5.41, 5.74) is 2.99. The fourth-order valence-electron chi connectivity index (χ4n) is 5.25. The van der Waals surface area contributed by atoms with Crippen LogP contribution >= 0.6 is 0 Å². The zero-order valence-corrected chi connectivity index (χ0v) is 19.9. The van der Waals surface area contributed by atoms with Crippen LogP contribution in [0.5, 0.6) is 0 Å². The molecule has 2 aliphatic rings. The van der Waals surface area contributed by atoms with Gasteiger partial charge in [-0.3, -0.25) is 9.59 Å². The Bertz CT molecular complexity index is 1500. The Morgan fingerprint density at radius 2 is 1.66 bits per heavy atom. The molecule has 0 N–H and O–H groups in total. The molecule has 2 amide bonds. The molecule has 10 heteroatoms. The van der Waals surface area contributed by atoms with E-state index >= 15 is 0 Å². The fraction of sp³-hybridized carbons (Fsp3) is 0.214. The second-order valence-corrected chi connectivity index (χ2v) is 9.39. The number of benzene rings is 3. The highest BCUT2D eigenvalue weighted by atomic mass is 19.4. The van der Waals surface area contributed by atoms with Crippen molar-refractivity contribution in [3.8, 4) is 11.4 Å². The highest BCUT2D eigenvalue weighted by Crippen LogP contribution is 2.38. The number of fused-ring (bicyclic) bond motifs is 1. The standard InChI is InChI=1S/C28H21F3N4O3/c29-28(30,31)27-32-24(33-38-27)19-11-12-20-14-35(26(37)21(20)13-19)23-16-34(25(36)18-9-5-2-6-10-18)15-22(23)17-7-3-1-4-8-17/h1-13,22-23H,14-16H2/t22-,23+/m0/s1. The minimum atomic E-state index is -4.76. The van der Waals surface area contributed by atoms with E-state index in [1.807, 2.05) is 48.5 Å². The van der Waals surface area contributed by atoms with Crippen molar-refractivity contribution in [2.75, 3.05) is 13.1 Å². The van der Waals surface area contributed by atoms with Crippen LogP contribution in [0.1, 0.15) is 43.7 Å². The number of halogens is 3. The number of likely N-dealkylation sites (tertiary alicyclic amines) is 1. The van der Waals surface area contributed by atoms with Crippen LogP contribution in [-0.2, 0) is 12.7 Å². The number of nitrogens with zero attached hydrogens (tertiary/aromatic N) is 4. The van der Waals surface area contributed by atoms with Gasteiger partial charge in [0, 0.05) is 42.2 Å². The summed E-state index contributed by atoms with van der Waals surface area (Å²) in [6.07, 6.45) is -4.76. The number of carbonyl (C=O) groups is 2. The summed E-state index contributed by atoms with van der Waals surface area (Å²) in [5, 5.41) is 3.43. The van der Waals surface area contributed by atoms with Crippen LogP contribution in [0.25, 0.3) is 11.4 Å². The van der Waals surface area contributed by atoms with Gasteiger partial charge in [-0.15, -0.1) is 0 Å². The number of hydrogen-bond acceptors (Lipinski definition) is 5. The van der Waals surface area contributed by atoms with Crippen LogP contribution in [-0.4, -0.2) is 50.9 Å². The van der Waals surface area contributed by atoms with E-state index in [2.05, 4.69) is 14.7 Å². The summed E-state index contributed by atoms with van der Waals surface area (Å²) < 4.78 is 43.1. The molecular formula is C28H21F3N4O3. The van der Waals surface area contributed by atoms with E-state index in [1.165, 1.54) is 6.07 Å². The Morgan fingerprint density at radius 1 is 0.947 bits per heavy atom. The van der Waals surface area contributed by atoms with Gasteiger partial charge in [0.1, 0.15) is 0 Å². The quantitative estimate of drug-likeness (QED) is 0.379. The van der Waals surface area contributed by atoms with E-state index in [-0.39, 0.29) is 35.2 Å². The molecule has 0 unspecified atom stereocenters. The number of carbonyl (C=O) groups excluding carboxylic acids is 2. The smallest absolute Gasteiger partial charge is 0.336 e. The van der Waals surface area contributed by atoms with Crippen molar-refractivity contribution in [2.24, 2.45) is 0 Å². The normalized spacial score (nSPS) is 19.2. The molecule has 38 heavy (non-hydrogen) atoms. The monoisotopic (exact) mass is 518 g/mol. The lowest BCUT2D eigenvalue weighted by atomic mass is 9.93. The van der Waals surface area contributed by atoms with Crippen molar-refractivity contribution < 1.29 is 27.3 Å². The molecular weight excluding hydrogens is 497 g/mol. The largest absolute Gasteiger partial charge is 0.471 e. The molecule has 2 atom stereocenters. The van der Waals surface area contributed by atoms with Crippen LogP contribution in [0.3, 0.4) is 0 Å². The third-order valence-electron chi connectivity index (χ3n) is 7.09. The van der Waals surface area contributed by atoms with Crippen LogP contribution < -0.4 is 0 Å². The van der Waals surface area contributed by atoms with Crippen LogP contribution in [0.2, 0.25) is 0 Å². The first kappa shape index (κ1) is 23.9. The summed E-state index contributed by atoms with van der Waals surface area (Å²) in [6, 6.07) is 23.3. The molecule has 192 valence electrons. The van der Waals surface area contributed by atoms with Gasteiger partial charge < -0.3 is 14.3 Å². The summed E-state index contributed by atoms with van der Waals surface area (Å²) in [7, 11) is 0. The molecule has 0 spiro atoms. The second kappa shape index (κ2) is 9.13. The first-order valence-corrected chi connectivity index (χ1v) is 12.0. The Morgan fingerprint density at radius 3 is 2.34 bits per heavy atom. The number of amides is 2. The lowest BCUT2D eigenvalue weighted by Gasteiger charge is -2.28. The number of hydrogen-bond donors (Lipinski definition) is 0. The topological polar surface area (TPSA) is 79.5 Å². The Kier molecular flexibility index (Phi) is 5.74. The van der Waals surface area contributed by atoms with E-state index in [0.29, 0.717) is 30.8 Å². The van der Waals surface area contributed by atoms with Gasteiger partial charge in [-0.2, -0.15) is 18.2 Å². The Balaban J connectivity index is 1.30. The lowest BCUT2D eigenvalue weighted by molar-refractivity contribution is -0.159. The molecule has 0 bridgehead atoms. The zero-order chi connectivity index (χ0) is 26.4. The van der Waals surface area contributed by atoms with E-state index < -0.39 is 12.1 Å². The minimum absolute atomic E-state index is 0.0990. The predicted octanol–water partition coefficient (Wildman–Crippen LogP) is 5.02. The van der Waals surface area contributed by atoms with Gasteiger partial charge in [-0.05, 0) is 29.3 Å². The number of alkyl halides is 3. The molecule has 6 rings (SSSR count). The maximum atomic E-state index is 13.6. The molecule has 0 aliphatic carbocycles. The average molecular weight is 518 g/mol. The molecule has 0 radical (unpaired) electrons. The molecule has 0 saturated carbocycles. The van der Waals surface area contributed by atoms with Crippen molar-refractivity contribution >= 4 is 11.8 Å². The van der Waals surface area contributed by atoms with Crippen LogP contribution in [0, 0.1) is 0 Å². The highest BCUT2D eigenvalue weighted by molar-refractivity contribution is 6.00.